The minimum absolute atomic E-state index is 0.811. The summed E-state index contributed by atoms with van der Waals surface area (Å²) >= 11 is 7.56. The van der Waals surface area contributed by atoms with E-state index < -0.39 is 0 Å². The van der Waals surface area contributed by atoms with Gasteiger partial charge in [0.25, 0.3) is 0 Å². The van der Waals surface area contributed by atoms with E-state index in [0.717, 1.165) is 24.0 Å². The highest BCUT2D eigenvalue weighted by atomic mass is 35.5. The number of thiophene rings is 1. The van der Waals surface area contributed by atoms with Gasteiger partial charge in [-0.3, -0.25) is 0 Å². The number of nitrogens with one attached hydrogen (secondary N) is 1. The summed E-state index contributed by atoms with van der Waals surface area (Å²) in [6, 6.07) is 2.03. The summed E-state index contributed by atoms with van der Waals surface area (Å²) in [6.45, 7) is 6.56. The molecule has 0 amide bonds. The van der Waals surface area contributed by atoms with Crippen LogP contribution in [0.25, 0.3) is 0 Å². The smallest absolute Gasteiger partial charge is 0.0516 e. The quantitative estimate of drug-likeness (QED) is 0.783. The Kier molecular flexibility index (Phi) is 5.53. The maximum atomic E-state index is 5.84. The van der Waals surface area contributed by atoms with Crippen LogP contribution in [0.1, 0.15) is 31.6 Å². The van der Waals surface area contributed by atoms with Crippen LogP contribution in [-0.4, -0.2) is 6.54 Å². The number of rotatable bonds is 6. The van der Waals surface area contributed by atoms with Crippen molar-refractivity contribution >= 4 is 22.9 Å². The van der Waals surface area contributed by atoms with Crippen LogP contribution in [0.3, 0.4) is 0 Å². The van der Waals surface area contributed by atoms with Gasteiger partial charge >= 0.3 is 0 Å². The van der Waals surface area contributed by atoms with E-state index in [-0.39, 0.29) is 0 Å². The van der Waals surface area contributed by atoms with Crippen molar-refractivity contribution in [3.8, 4) is 0 Å². The first-order valence-electron chi connectivity index (χ1n) is 5.19. The highest BCUT2D eigenvalue weighted by molar-refractivity contribution is 7.10. The number of hydrogen-bond acceptors (Lipinski definition) is 2. The minimum atomic E-state index is 0.811. The van der Waals surface area contributed by atoms with Crippen molar-refractivity contribution in [2.24, 2.45) is 5.92 Å². The Hall–Kier alpha value is -0.0500. The molecule has 0 unspecified atom stereocenters. The van der Waals surface area contributed by atoms with Crippen LogP contribution in [0.5, 0.6) is 0 Å². The lowest BCUT2D eigenvalue weighted by atomic mass is 10.0. The lowest BCUT2D eigenvalue weighted by Crippen LogP contribution is -2.21. The molecule has 0 aliphatic heterocycles. The van der Waals surface area contributed by atoms with Crippen LogP contribution in [0.4, 0.5) is 0 Å². The van der Waals surface area contributed by atoms with Crippen molar-refractivity contribution < 1.29 is 0 Å². The average molecular weight is 232 g/mol. The SMILES string of the molecule is CCC(CC)CNCc1cc(Cl)cs1. The van der Waals surface area contributed by atoms with E-state index in [1.165, 1.54) is 17.7 Å². The van der Waals surface area contributed by atoms with Gasteiger partial charge in [0.05, 0.1) is 5.02 Å². The zero-order valence-corrected chi connectivity index (χ0v) is 10.4. The van der Waals surface area contributed by atoms with Gasteiger partial charge in [-0.25, -0.2) is 0 Å². The molecule has 1 aromatic rings. The van der Waals surface area contributed by atoms with Crippen molar-refractivity contribution in [3.05, 3.63) is 21.3 Å². The first kappa shape index (κ1) is 12.0. The molecule has 1 nitrogen and oxygen atoms in total. The lowest BCUT2D eigenvalue weighted by Gasteiger charge is -2.12. The molecule has 0 radical (unpaired) electrons. The van der Waals surface area contributed by atoms with Gasteiger partial charge < -0.3 is 5.32 Å². The molecule has 1 N–H and O–H groups in total. The van der Waals surface area contributed by atoms with E-state index in [9.17, 15) is 0 Å². The maximum Gasteiger partial charge on any atom is 0.0516 e. The fourth-order valence-corrected chi connectivity index (χ4v) is 2.47. The molecule has 1 heterocycles. The molecule has 0 fully saturated rings. The van der Waals surface area contributed by atoms with E-state index in [2.05, 4.69) is 19.2 Å². The van der Waals surface area contributed by atoms with Gasteiger partial charge in [0.15, 0.2) is 0 Å². The topological polar surface area (TPSA) is 12.0 Å². The van der Waals surface area contributed by atoms with Crippen molar-refractivity contribution in [3.63, 3.8) is 0 Å². The van der Waals surface area contributed by atoms with E-state index in [4.69, 9.17) is 11.6 Å². The van der Waals surface area contributed by atoms with Crippen LogP contribution in [0.2, 0.25) is 5.02 Å². The van der Waals surface area contributed by atoms with Crippen molar-refractivity contribution in [1.29, 1.82) is 0 Å². The standard InChI is InChI=1S/C11H18ClNS/c1-3-9(4-2)6-13-7-11-5-10(12)8-14-11/h5,8-9,13H,3-4,6-7H2,1-2H3. The largest absolute Gasteiger partial charge is 0.312 e. The normalized spacial score (nSPS) is 11.1. The van der Waals surface area contributed by atoms with Crippen molar-refractivity contribution in [1.82, 2.24) is 5.32 Å². The molecule has 0 atom stereocenters. The minimum Gasteiger partial charge on any atom is -0.312 e. The highest BCUT2D eigenvalue weighted by Gasteiger charge is 2.03. The number of halogens is 1. The van der Waals surface area contributed by atoms with E-state index in [1.807, 2.05) is 11.4 Å². The molecule has 14 heavy (non-hydrogen) atoms. The first-order chi connectivity index (χ1) is 6.76. The van der Waals surface area contributed by atoms with Crippen LogP contribution < -0.4 is 5.32 Å². The Labute approximate surface area is 95.5 Å². The summed E-state index contributed by atoms with van der Waals surface area (Å²) in [5.74, 6) is 0.811. The van der Waals surface area contributed by atoms with Crippen LogP contribution >= 0.6 is 22.9 Å². The van der Waals surface area contributed by atoms with E-state index >= 15 is 0 Å². The zero-order chi connectivity index (χ0) is 10.4. The molecular formula is C11H18ClNS. The Bertz CT molecular complexity index is 256. The highest BCUT2D eigenvalue weighted by Crippen LogP contribution is 2.18. The van der Waals surface area contributed by atoms with Gasteiger partial charge in [0, 0.05) is 16.8 Å². The molecule has 0 saturated heterocycles. The Morgan fingerprint density at radius 1 is 1.43 bits per heavy atom. The second kappa shape index (κ2) is 6.44. The summed E-state index contributed by atoms with van der Waals surface area (Å²) in [4.78, 5) is 1.32. The molecule has 0 spiro atoms. The Morgan fingerprint density at radius 2 is 2.14 bits per heavy atom. The van der Waals surface area contributed by atoms with E-state index in [1.54, 1.807) is 11.3 Å². The monoisotopic (exact) mass is 231 g/mol. The zero-order valence-electron chi connectivity index (χ0n) is 8.85. The molecule has 0 bridgehead atoms. The third-order valence-electron chi connectivity index (χ3n) is 2.51. The molecule has 0 aliphatic carbocycles. The van der Waals surface area contributed by atoms with Crippen molar-refractivity contribution in [2.75, 3.05) is 6.54 Å². The second-order valence-corrected chi connectivity index (χ2v) is 4.98. The molecule has 0 aromatic carbocycles. The summed E-state index contributed by atoms with van der Waals surface area (Å²) < 4.78 is 0. The third kappa shape index (κ3) is 3.99. The molecular weight excluding hydrogens is 214 g/mol. The fourth-order valence-electron chi connectivity index (χ4n) is 1.42. The Balaban J connectivity index is 2.21. The van der Waals surface area contributed by atoms with Gasteiger partial charge in [-0.2, -0.15) is 0 Å². The Morgan fingerprint density at radius 3 is 2.64 bits per heavy atom. The van der Waals surface area contributed by atoms with Crippen LogP contribution in [-0.2, 0) is 6.54 Å². The summed E-state index contributed by atoms with van der Waals surface area (Å²) in [7, 11) is 0. The van der Waals surface area contributed by atoms with Gasteiger partial charge in [0.1, 0.15) is 0 Å². The van der Waals surface area contributed by atoms with Gasteiger partial charge in [-0.1, -0.05) is 38.3 Å². The van der Waals surface area contributed by atoms with Crippen LogP contribution in [0.15, 0.2) is 11.4 Å². The fraction of sp³-hybridized carbons (Fsp3) is 0.636. The molecule has 1 rings (SSSR count). The molecule has 1 aromatic heterocycles. The predicted molar refractivity (Wildman–Crippen MR) is 65.1 cm³/mol. The summed E-state index contributed by atoms with van der Waals surface area (Å²) in [6.07, 6.45) is 2.52. The van der Waals surface area contributed by atoms with Crippen LogP contribution in [0, 0.1) is 5.92 Å². The van der Waals surface area contributed by atoms with Gasteiger partial charge in [-0.15, -0.1) is 11.3 Å². The number of hydrogen-bond donors (Lipinski definition) is 1. The third-order valence-corrected chi connectivity index (χ3v) is 3.79. The maximum absolute atomic E-state index is 5.84. The molecule has 0 aliphatic rings. The predicted octanol–water partition coefficient (Wildman–Crippen LogP) is 3.93. The molecule has 3 heteroatoms. The molecule has 80 valence electrons. The van der Waals surface area contributed by atoms with Gasteiger partial charge in [-0.05, 0) is 18.5 Å². The van der Waals surface area contributed by atoms with E-state index in [0.29, 0.717) is 0 Å². The van der Waals surface area contributed by atoms with Gasteiger partial charge in [0.2, 0.25) is 0 Å². The summed E-state index contributed by atoms with van der Waals surface area (Å²) in [5, 5.41) is 6.31. The average Bonchev–Trinajstić information content (AvgIpc) is 2.59. The van der Waals surface area contributed by atoms with Crippen molar-refractivity contribution in [2.45, 2.75) is 33.2 Å². The molecule has 0 saturated carbocycles. The lowest BCUT2D eigenvalue weighted by molar-refractivity contribution is 0.450. The summed E-state index contributed by atoms with van der Waals surface area (Å²) in [5.41, 5.74) is 0. The first-order valence-corrected chi connectivity index (χ1v) is 6.45. The second-order valence-electron chi connectivity index (χ2n) is 3.54.